The van der Waals surface area contributed by atoms with E-state index in [1.807, 2.05) is 119 Å². The number of hydrogen-bond acceptors (Lipinski definition) is 12. The van der Waals surface area contributed by atoms with E-state index in [1.54, 1.807) is 12.4 Å². The number of fused-ring (bicyclic) bond motifs is 10. The Balaban J connectivity index is 0.000000114. The van der Waals surface area contributed by atoms with Crippen molar-refractivity contribution < 1.29 is 0 Å². The van der Waals surface area contributed by atoms with E-state index in [2.05, 4.69) is 451 Å². The van der Waals surface area contributed by atoms with Crippen LogP contribution in [0, 0.1) is 0 Å². The van der Waals surface area contributed by atoms with Crippen molar-refractivity contribution >= 4 is 108 Å². The summed E-state index contributed by atoms with van der Waals surface area (Å²) in [5.41, 5.74) is 36.8. The summed E-state index contributed by atoms with van der Waals surface area (Å²) in [4.78, 5) is 49.1. The van der Waals surface area contributed by atoms with Crippen LogP contribution in [0.3, 0.4) is 0 Å². The third-order valence-corrected chi connectivity index (χ3v) is 31.3. The molecule has 0 saturated carbocycles. The summed E-state index contributed by atoms with van der Waals surface area (Å²) >= 11 is 5.56. The number of rotatable bonds is 18. The standard InChI is InChI=1S/C51H33N3S.C44H28N4S.C42H27N3S/c1-5-17-34(18-6-1)44-33-45(54-51(53-44)37-23-11-4-12-24-37)40-27-15-25-38(31-40)39-26-16-28-41(32-39)46-47-48(35-19-7-2-8-20-35)52-43-30-14-13-29-42(43)50(47)55-49(46)36-21-9-3-10-22-36;1-3-13-31(14-4-1)42-41-40(43(32-15-5-2-6-16-32)49-44(41)34-17-7-8-18-35(34)48-42)30-23-21-29(22-24-30)33-27-38(36-19-9-11-25-45-36)47-39(28-33)37-20-10-12-26-46-37;1-4-14-29(15-5-1)39-38-37(40(30-16-6-2-7-17-30)46-41(38)33-20-10-11-21-34(33)43-39)28-24-26-31(27-25-28)42-44-35-22-12-13-23-36(35)45(42)32-18-8-3-9-19-32/h1-33H;1-28H;1-27H. The normalized spacial score (nSPS) is 11.3. The van der Waals surface area contributed by atoms with Crippen molar-refractivity contribution in [1.82, 2.24) is 49.4 Å². The Hall–Kier alpha value is -19.2. The molecule has 0 amide bonds. The maximum Gasteiger partial charge on any atom is 0.160 e. The monoisotopic (exact) mass is 1970 g/mol. The molecular formula is C137H88N10S3. The SMILES string of the molecule is c1ccc(-c2cc(-c3cccc(-c4cccc(-c5c(-c6ccccc6)sc6c5c(-c5ccccc5)nc5ccccc56)c4)c3)nc(-c3ccccc3)n2)cc1.c1ccc(-c2sc3c(c(-c4ccccc4)nc4ccccc43)c2-c2ccc(-c3cc(-c4ccccn4)nc(-c4ccccn4)c3)cc2)cc1.c1ccc(-c2sc3c(c(-c4ccccc4)nc4ccccc43)c2-c2ccc(-c3nc4ccccc4n3-c3ccccc3)cc2)cc1. The Kier molecular flexibility index (Phi) is 24.5. The number of para-hydroxylation sites is 6. The average molecular weight is 1970 g/mol. The fraction of sp³-hybridized carbons (Fsp3) is 0. The Morgan fingerprint density at radius 3 is 0.913 bits per heavy atom. The Bertz CT molecular complexity index is 9700. The molecular weight excluding hydrogens is 1880 g/mol. The van der Waals surface area contributed by atoms with Gasteiger partial charge in [0.15, 0.2) is 5.82 Å². The van der Waals surface area contributed by atoms with E-state index < -0.39 is 0 Å². The lowest BCUT2D eigenvalue weighted by Crippen LogP contribution is -1.97. The van der Waals surface area contributed by atoms with Gasteiger partial charge >= 0.3 is 0 Å². The number of pyridine rings is 6. The van der Waals surface area contributed by atoms with Crippen LogP contribution < -0.4 is 0 Å². The van der Waals surface area contributed by atoms with Crippen molar-refractivity contribution in [2.75, 3.05) is 0 Å². The first-order valence-electron chi connectivity index (χ1n) is 50.1. The van der Waals surface area contributed by atoms with Gasteiger partial charge in [0, 0.05) is 135 Å². The summed E-state index contributed by atoms with van der Waals surface area (Å²) in [5.74, 6) is 1.63. The van der Waals surface area contributed by atoms with Crippen LogP contribution in [0.25, 0.3) is 268 Å². The molecule has 10 nitrogen and oxygen atoms in total. The molecule has 13 heteroatoms. The van der Waals surface area contributed by atoms with E-state index in [1.165, 1.54) is 94.4 Å². The average Bonchev–Trinajstić information content (AvgIpc) is 1.58. The molecule has 0 unspecified atom stereocenters. The molecule has 0 bridgehead atoms. The molecule has 0 fully saturated rings. The lowest BCUT2D eigenvalue weighted by Gasteiger charge is -2.13. The van der Waals surface area contributed by atoms with E-state index in [4.69, 9.17) is 34.9 Å². The smallest absolute Gasteiger partial charge is 0.160 e. The zero-order valence-corrected chi connectivity index (χ0v) is 83.5. The van der Waals surface area contributed by atoms with E-state index in [0.717, 1.165) is 168 Å². The molecule has 11 heterocycles. The van der Waals surface area contributed by atoms with Gasteiger partial charge in [-0.3, -0.25) is 14.5 Å². The van der Waals surface area contributed by atoms with Crippen LogP contribution in [0.5, 0.6) is 0 Å². The van der Waals surface area contributed by atoms with Crippen molar-refractivity contribution in [3.8, 4) is 194 Å². The van der Waals surface area contributed by atoms with E-state index in [-0.39, 0.29) is 0 Å². The summed E-state index contributed by atoms with van der Waals surface area (Å²) in [5, 5.41) is 7.08. The third kappa shape index (κ3) is 17.7. The van der Waals surface area contributed by atoms with Gasteiger partial charge < -0.3 is 0 Å². The van der Waals surface area contributed by atoms with Gasteiger partial charge in [0.05, 0.1) is 78.8 Å². The molecule has 0 aliphatic carbocycles. The van der Waals surface area contributed by atoms with Crippen molar-refractivity contribution in [3.05, 3.63) is 534 Å². The second-order valence-corrected chi connectivity index (χ2v) is 39.9. The molecule has 17 aromatic carbocycles. The van der Waals surface area contributed by atoms with Crippen LogP contribution in [0.4, 0.5) is 0 Å². The first kappa shape index (κ1) is 90.8. The number of hydrogen-bond donors (Lipinski definition) is 0. The zero-order valence-electron chi connectivity index (χ0n) is 81.0. The van der Waals surface area contributed by atoms with Crippen molar-refractivity contribution in [2.24, 2.45) is 0 Å². The van der Waals surface area contributed by atoms with Gasteiger partial charge in [-0.05, 0) is 153 Å². The minimum atomic E-state index is 0.706. The molecule has 28 rings (SSSR count). The summed E-state index contributed by atoms with van der Waals surface area (Å²) in [6, 6.07) is 182. The Morgan fingerprint density at radius 1 is 0.173 bits per heavy atom. The molecule has 150 heavy (non-hydrogen) atoms. The summed E-state index contributed by atoms with van der Waals surface area (Å²) < 4.78 is 6.01. The van der Waals surface area contributed by atoms with Crippen LogP contribution in [0.15, 0.2) is 534 Å². The van der Waals surface area contributed by atoms with Gasteiger partial charge in [-0.25, -0.2) is 34.9 Å². The number of thiophene rings is 3. The van der Waals surface area contributed by atoms with E-state index in [0.29, 0.717) is 5.82 Å². The highest BCUT2D eigenvalue weighted by Crippen LogP contribution is 2.55. The molecule has 28 aromatic rings. The molecule has 0 spiro atoms. The van der Waals surface area contributed by atoms with Crippen LogP contribution in [-0.2, 0) is 0 Å². The van der Waals surface area contributed by atoms with Gasteiger partial charge in [-0.15, -0.1) is 34.0 Å². The maximum atomic E-state index is 5.35. The van der Waals surface area contributed by atoms with Gasteiger partial charge in [0.1, 0.15) is 5.82 Å². The van der Waals surface area contributed by atoms with Crippen LogP contribution >= 0.6 is 34.0 Å². The second-order valence-electron chi connectivity index (χ2n) is 36.8. The quantitative estimate of drug-likeness (QED) is 0.0827. The van der Waals surface area contributed by atoms with Gasteiger partial charge in [0.2, 0.25) is 0 Å². The van der Waals surface area contributed by atoms with Crippen molar-refractivity contribution in [2.45, 2.75) is 0 Å². The van der Waals surface area contributed by atoms with Crippen LogP contribution in [0.1, 0.15) is 0 Å². The van der Waals surface area contributed by atoms with E-state index in [9.17, 15) is 0 Å². The van der Waals surface area contributed by atoms with E-state index >= 15 is 0 Å². The predicted molar refractivity (Wildman–Crippen MR) is 627 cm³/mol. The minimum absolute atomic E-state index is 0.706. The first-order chi connectivity index (χ1) is 74.4. The Labute approximate surface area is 879 Å². The number of nitrogens with zero attached hydrogens (tertiary/aromatic N) is 10. The largest absolute Gasteiger partial charge is 0.292 e. The number of aromatic nitrogens is 10. The molecule has 0 N–H and O–H groups in total. The number of imidazole rings is 1. The summed E-state index contributed by atoms with van der Waals surface area (Å²) in [6.45, 7) is 0. The lowest BCUT2D eigenvalue weighted by atomic mass is 9.92. The molecule has 11 aromatic heterocycles. The maximum absolute atomic E-state index is 5.35. The highest BCUT2D eigenvalue weighted by atomic mass is 32.1. The predicted octanol–water partition coefficient (Wildman–Crippen LogP) is 37.0. The van der Waals surface area contributed by atoms with Crippen LogP contribution in [0.2, 0.25) is 0 Å². The highest BCUT2D eigenvalue weighted by Gasteiger charge is 2.29. The lowest BCUT2D eigenvalue weighted by molar-refractivity contribution is 1.10. The molecule has 0 saturated heterocycles. The zero-order chi connectivity index (χ0) is 99.6. The number of benzene rings is 17. The van der Waals surface area contributed by atoms with Gasteiger partial charge in [-0.2, -0.15) is 0 Å². The molecule has 0 atom stereocenters. The molecule has 0 aliphatic rings. The third-order valence-electron chi connectivity index (χ3n) is 27.5. The van der Waals surface area contributed by atoms with Crippen molar-refractivity contribution in [3.63, 3.8) is 0 Å². The fourth-order valence-corrected chi connectivity index (χ4v) is 24.5. The van der Waals surface area contributed by atoms with Crippen LogP contribution in [-0.4, -0.2) is 49.4 Å². The summed E-state index contributed by atoms with van der Waals surface area (Å²) in [6.07, 6.45) is 3.60. The fourth-order valence-electron chi connectivity index (χ4n) is 20.4. The minimum Gasteiger partial charge on any atom is -0.292 e. The summed E-state index contributed by atoms with van der Waals surface area (Å²) in [7, 11) is 0. The molecule has 0 aliphatic heterocycles. The highest BCUT2D eigenvalue weighted by molar-refractivity contribution is 7.25. The molecule has 704 valence electrons. The Morgan fingerprint density at radius 2 is 0.493 bits per heavy atom. The molecule has 0 radical (unpaired) electrons. The van der Waals surface area contributed by atoms with Crippen molar-refractivity contribution in [1.29, 1.82) is 0 Å². The van der Waals surface area contributed by atoms with Gasteiger partial charge in [-0.1, -0.05) is 425 Å². The topological polar surface area (TPSA) is 121 Å². The van der Waals surface area contributed by atoms with Gasteiger partial charge in [0.25, 0.3) is 0 Å². The second kappa shape index (κ2) is 40.5. The first-order valence-corrected chi connectivity index (χ1v) is 52.5.